The van der Waals surface area contributed by atoms with E-state index in [2.05, 4.69) is 20.6 Å². The molecule has 180 valence electrons. The van der Waals surface area contributed by atoms with Gasteiger partial charge in [-0.15, -0.1) is 10.2 Å². The zero-order valence-corrected chi connectivity index (χ0v) is 18.1. The molecule has 1 amide bonds. The summed E-state index contributed by atoms with van der Waals surface area (Å²) >= 11 is 0. The fourth-order valence-electron chi connectivity index (χ4n) is 3.09. The maximum Gasteiger partial charge on any atom is 0.434 e. The summed E-state index contributed by atoms with van der Waals surface area (Å²) in [5, 5.41) is 13.5. The van der Waals surface area contributed by atoms with Gasteiger partial charge in [-0.2, -0.15) is 18.3 Å². The Morgan fingerprint density at radius 2 is 1.63 bits per heavy atom. The largest absolute Gasteiger partial charge is 0.480 e. The number of amides is 1. The monoisotopic (exact) mass is 487 g/mol. The molecule has 0 aliphatic carbocycles. The molecule has 0 atom stereocenters. The number of rotatable bonds is 7. The fraction of sp³-hybridized carbons (Fsp3) is 0.130. The molecule has 0 bridgehead atoms. The van der Waals surface area contributed by atoms with Gasteiger partial charge in [0.05, 0.1) is 18.9 Å². The summed E-state index contributed by atoms with van der Waals surface area (Å²) in [5.41, 5.74) is -1.32. The maximum atomic E-state index is 13.8. The molecule has 0 spiro atoms. The first-order chi connectivity index (χ1) is 16.7. The second kappa shape index (κ2) is 9.79. The summed E-state index contributed by atoms with van der Waals surface area (Å²) < 4.78 is 65.3. The molecule has 0 saturated carbocycles. The number of ether oxygens (including phenoxy) is 2. The summed E-state index contributed by atoms with van der Waals surface area (Å²) in [7, 11) is 1.34. The second-order valence-corrected chi connectivity index (χ2v) is 7.13. The third kappa shape index (κ3) is 5.54. The minimum atomic E-state index is -4.88. The molecule has 2 heterocycles. The van der Waals surface area contributed by atoms with Crippen molar-refractivity contribution in [2.24, 2.45) is 0 Å². The minimum Gasteiger partial charge on any atom is -0.480 e. The van der Waals surface area contributed by atoms with Gasteiger partial charge in [0.1, 0.15) is 17.3 Å². The third-order valence-electron chi connectivity index (χ3n) is 4.76. The van der Waals surface area contributed by atoms with Gasteiger partial charge < -0.3 is 14.8 Å². The maximum absolute atomic E-state index is 13.8. The van der Waals surface area contributed by atoms with E-state index in [-0.39, 0.29) is 24.1 Å². The Bertz CT molecular complexity index is 1310. The number of nitrogens with one attached hydrogen (secondary N) is 1. The lowest BCUT2D eigenvalue weighted by atomic mass is 10.2. The Balaban J connectivity index is 1.46. The molecular weight excluding hydrogens is 470 g/mol. The van der Waals surface area contributed by atoms with E-state index >= 15 is 0 Å². The quantitative estimate of drug-likeness (QED) is 0.385. The smallest absolute Gasteiger partial charge is 0.434 e. The van der Waals surface area contributed by atoms with Crippen molar-refractivity contribution in [3.63, 3.8) is 0 Å². The number of aromatic nitrogens is 4. The molecule has 0 aliphatic heterocycles. The molecular formula is C23H17F4N5O3. The summed E-state index contributed by atoms with van der Waals surface area (Å²) in [5.74, 6) is -0.565. The second-order valence-electron chi connectivity index (χ2n) is 7.13. The van der Waals surface area contributed by atoms with Crippen molar-refractivity contribution in [3.05, 3.63) is 89.5 Å². The Hall–Kier alpha value is -4.48. The molecule has 4 rings (SSSR count). The Kier molecular flexibility index (Phi) is 6.62. The van der Waals surface area contributed by atoms with Crippen LogP contribution in [0.2, 0.25) is 0 Å². The molecule has 0 unspecified atom stereocenters. The topological polar surface area (TPSA) is 91.2 Å². The molecule has 2 aromatic carbocycles. The Morgan fingerprint density at radius 1 is 0.971 bits per heavy atom. The first-order valence-corrected chi connectivity index (χ1v) is 10.1. The van der Waals surface area contributed by atoms with Gasteiger partial charge in [0.25, 0.3) is 5.91 Å². The van der Waals surface area contributed by atoms with E-state index in [9.17, 15) is 22.4 Å². The lowest BCUT2D eigenvalue weighted by Gasteiger charge is -2.12. The molecule has 2 aromatic heterocycles. The normalized spacial score (nSPS) is 11.2. The van der Waals surface area contributed by atoms with E-state index in [1.165, 1.54) is 43.5 Å². The highest BCUT2D eigenvalue weighted by molar-refractivity contribution is 5.95. The third-order valence-corrected chi connectivity index (χ3v) is 4.76. The van der Waals surface area contributed by atoms with Gasteiger partial charge in [-0.1, -0.05) is 12.1 Å². The van der Waals surface area contributed by atoms with Crippen molar-refractivity contribution in [2.75, 3.05) is 7.11 Å². The number of hydrogen-bond donors (Lipinski definition) is 1. The van der Waals surface area contributed by atoms with Crippen LogP contribution in [0.3, 0.4) is 0 Å². The van der Waals surface area contributed by atoms with Crippen molar-refractivity contribution in [1.82, 2.24) is 25.3 Å². The zero-order valence-electron chi connectivity index (χ0n) is 18.1. The first-order valence-electron chi connectivity index (χ1n) is 10.1. The van der Waals surface area contributed by atoms with Crippen LogP contribution in [0.5, 0.6) is 17.4 Å². The van der Waals surface area contributed by atoms with Gasteiger partial charge in [-0.3, -0.25) is 4.79 Å². The van der Waals surface area contributed by atoms with Crippen LogP contribution < -0.4 is 14.8 Å². The predicted molar refractivity (Wildman–Crippen MR) is 115 cm³/mol. The first kappa shape index (κ1) is 23.7. The summed E-state index contributed by atoms with van der Waals surface area (Å²) in [4.78, 5) is 12.6. The molecule has 0 radical (unpaired) electrons. The summed E-state index contributed by atoms with van der Waals surface area (Å²) in [6.07, 6.45) is -4.06. The highest BCUT2D eigenvalue weighted by Gasteiger charge is 2.41. The van der Waals surface area contributed by atoms with Crippen molar-refractivity contribution >= 4 is 5.91 Å². The average Bonchev–Trinajstić information content (AvgIpc) is 3.31. The number of alkyl halides is 3. The number of halogens is 4. The van der Waals surface area contributed by atoms with E-state index in [0.717, 1.165) is 6.20 Å². The van der Waals surface area contributed by atoms with Gasteiger partial charge in [-0.05, 0) is 48.0 Å². The van der Waals surface area contributed by atoms with E-state index in [1.807, 2.05) is 0 Å². The molecule has 1 N–H and O–H groups in total. The molecule has 12 heteroatoms. The SMILES string of the molecule is COc1ccc(-n2ncc(C(=O)NCc3ccc(Oc4ccc(F)cc4)cc3)c2C(F)(F)F)nn1. The van der Waals surface area contributed by atoms with Crippen LogP contribution in [0, 0.1) is 5.82 Å². The Morgan fingerprint density at radius 3 is 2.20 bits per heavy atom. The number of methoxy groups -OCH3 is 1. The van der Waals surface area contributed by atoms with Gasteiger partial charge in [-0.25, -0.2) is 9.07 Å². The highest BCUT2D eigenvalue weighted by atomic mass is 19.4. The van der Waals surface area contributed by atoms with E-state index in [0.29, 0.717) is 21.7 Å². The number of carbonyl (C=O) groups is 1. The lowest BCUT2D eigenvalue weighted by molar-refractivity contribution is -0.143. The van der Waals surface area contributed by atoms with Crippen LogP contribution in [0.15, 0.2) is 66.9 Å². The molecule has 0 fully saturated rings. The van der Waals surface area contributed by atoms with Crippen molar-refractivity contribution in [3.8, 4) is 23.2 Å². The molecule has 0 saturated heterocycles. The van der Waals surface area contributed by atoms with Gasteiger partial charge in [0.2, 0.25) is 5.88 Å². The van der Waals surface area contributed by atoms with Gasteiger partial charge in [0, 0.05) is 12.6 Å². The lowest BCUT2D eigenvalue weighted by Crippen LogP contribution is -2.26. The summed E-state index contributed by atoms with van der Waals surface area (Å²) in [6.45, 7) is -0.0412. The van der Waals surface area contributed by atoms with E-state index < -0.39 is 23.3 Å². The average molecular weight is 487 g/mol. The fourth-order valence-corrected chi connectivity index (χ4v) is 3.09. The van der Waals surface area contributed by atoms with Crippen LogP contribution in [0.1, 0.15) is 21.6 Å². The Labute approximate surface area is 196 Å². The van der Waals surface area contributed by atoms with Crippen molar-refractivity contribution in [1.29, 1.82) is 0 Å². The standard InChI is InChI=1S/C23H17F4N5O3/c1-34-20-11-10-19(30-31-20)32-21(23(25,26)27)18(13-29-32)22(33)28-12-14-2-6-16(7-3-14)35-17-8-4-15(24)5-9-17/h2-11,13H,12H2,1H3,(H,28,33). The van der Waals surface area contributed by atoms with Gasteiger partial charge >= 0.3 is 6.18 Å². The summed E-state index contributed by atoms with van der Waals surface area (Å²) in [6, 6.07) is 14.5. The highest BCUT2D eigenvalue weighted by Crippen LogP contribution is 2.33. The van der Waals surface area contributed by atoms with Crippen LogP contribution >= 0.6 is 0 Å². The van der Waals surface area contributed by atoms with Gasteiger partial charge in [0.15, 0.2) is 11.5 Å². The molecule has 35 heavy (non-hydrogen) atoms. The van der Waals surface area contributed by atoms with Crippen LogP contribution in [-0.2, 0) is 12.7 Å². The number of hydrogen-bond acceptors (Lipinski definition) is 6. The van der Waals surface area contributed by atoms with Crippen LogP contribution in [0.25, 0.3) is 5.82 Å². The van der Waals surface area contributed by atoms with Crippen LogP contribution in [0.4, 0.5) is 17.6 Å². The van der Waals surface area contributed by atoms with E-state index in [4.69, 9.17) is 9.47 Å². The van der Waals surface area contributed by atoms with Crippen LogP contribution in [-0.4, -0.2) is 33.0 Å². The van der Waals surface area contributed by atoms with Crippen molar-refractivity contribution in [2.45, 2.75) is 12.7 Å². The minimum absolute atomic E-state index is 0.0412. The number of nitrogens with zero attached hydrogens (tertiary/aromatic N) is 4. The predicted octanol–water partition coefficient (Wildman–Crippen LogP) is 4.55. The van der Waals surface area contributed by atoms with Crippen molar-refractivity contribution < 1.29 is 31.8 Å². The number of carbonyl (C=O) groups excluding carboxylic acids is 1. The molecule has 4 aromatic rings. The van der Waals surface area contributed by atoms with E-state index in [1.54, 1.807) is 24.3 Å². The number of benzene rings is 2. The molecule has 8 nitrogen and oxygen atoms in total. The molecule has 0 aliphatic rings. The zero-order chi connectivity index (χ0) is 25.0.